The van der Waals surface area contributed by atoms with E-state index in [1.54, 1.807) is 35.2 Å². The Morgan fingerprint density at radius 3 is 2.81 bits per heavy atom. The summed E-state index contributed by atoms with van der Waals surface area (Å²) in [6, 6.07) is 6.78. The van der Waals surface area contributed by atoms with Gasteiger partial charge < -0.3 is 10.0 Å². The van der Waals surface area contributed by atoms with Gasteiger partial charge in [-0.3, -0.25) is 0 Å². The summed E-state index contributed by atoms with van der Waals surface area (Å²) in [5, 5.41) is 9.05. The Kier molecular flexibility index (Phi) is 4.16. The quantitative estimate of drug-likeness (QED) is 0.603. The number of carbonyl (C=O) groups is 1. The zero-order valence-electron chi connectivity index (χ0n) is 8.89. The highest BCUT2D eigenvalue weighted by atomic mass is 16.4. The first-order valence-corrected chi connectivity index (χ1v) is 4.82. The molecule has 0 heterocycles. The number of benzene rings is 1. The van der Waals surface area contributed by atoms with E-state index in [0.717, 1.165) is 0 Å². The molecule has 1 rings (SSSR count). The van der Waals surface area contributed by atoms with Gasteiger partial charge in [0.2, 0.25) is 0 Å². The molecule has 1 aromatic rings. The number of carboxylic acid groups (broad SMARTS) is 1. The molecule has 0 aromatic heterocycles. The predicted molar refractivity (Wildman–Crippen MR) is 64.6 cm³/mol. The molecular formula is C13H13NO2. The molecule has 1 N–H and O–H groups in total. The molecule has 0 saturated carbocycles. The van der Waals surface area contributed by atoms with Gasteiger partial charge in [-0.25, -0.2) is 4.79 Å². The van der Waals surface area contributed by atoms with Gasteiger partial charge in [0.05, 0.1) is 17.8 Å². The van der Waals surface area contributed by atoms with E-state index in [4.69, 9.17) is 11.5 Å². The van der Waals surface area contributed by atoms with Gasteiger partial charge in [0.25, 0.3) is 0 Å². The summed E-state index contributed by atoms with van der Waals surface area (Å²) in [6.45, 7) is 4.50. The van der Waals surface area contributed by atoms with E-state index >= 15 is 0 Å². The van der Waals surface area contributed by atoms with Crippen molar-refractivity contribution in [1.82, 2.24) is 0 Å². The predicted octanol–water partition coefficient (Wildman–Crippen LogP) is 2.01. The Morgan fingerprint density at radius 1 is 1.56 bits per heavy atom. The highest BCUT2D eigenvalue weighted by molar-refractivity contribution is 5.94. The molecule has 0 aliphatic heterocycles. The van der Waals surface area contributed by atoms with Crippen LogP contribution in [0.1, 0.15) is 10.4 Å². The monoisotopic (exact) mass is 215 g/mol. The fourth-order valence-corrected chi connectivity index (χ4v) is 1.44. The Morgan fingerprint density at radius 2 is 2.25 bits per heavy atom. The molecule has 0 bridgehead atoms. The lowest BCUT2D eigenvalue weighted by atomic mass is 10.1. The minimum atomic E-state index is -0.957. The van der Waals surface area contributed by atoms with E-state index in [-0.39, 0.29) is 5.56 Å². The standard InChI is InChI=1S/C13H13NO2/c1-3-9-14(10-4-2)12-8-6-5-7-11(12)13(15)16/h1,4-8H,2,9-10H2,(H,15,16). The minimum absolute atomic E-state index is 0.250. The average Bonchev–Trinajstić information content (AvgIpc) is 2.29. The van der Waals surface area contributed by atoms with Crippen molar-refractivity contribution in [3.63, 3.8) is 0 Å². The molecule has 0 aliphatic rings. The zero-order valence-corrected chi connectivity index (χ0v) is 8.89. The number of hydrogen-bond acceptors (Lipinski definition) is 2. The maximum absolute atomic E-state index is 11.0. The largest absolute Gasteiger partial charge is 0.478 e. The number of aromatic carboxylic acids is 1. The van der Waals surface area contributed by atoms with Crippen molar-refractivity contribution >= 4 is 11.7 Å². The molecule has 3 nitrogen and oxygen atoms in total. The van der Waals surface area contributed by atoms with E-state index in [1.807, 2.05) is 0 Å². The average molecular weight is 215 g/mol. The highest BCUT2D eigenvalue weighted by Gasteiger charge is 2.13. The number of terminal acetylenes is 1. The molecule has 0 spiro atoms. The Labute approximate surface area is 95.0 Å². The molecule has 82 valence electrons. The number of anilines is 1. The van der Waals surface area contributed by atoms with Gasteiger partial charge in [0, 0.05) is 6.54 Å². The molecule has 0 amide bonds. The van der Waals surface area contributed by atoms with Crippen LogP contribution in [0.25, 0.3) is 0 Å². The van der Waals surface area contributed by atoms with Crippen molar-refractivity contribution in [3.05, 3.63) is 42.5 Å². The van der Waals surface area contributed by atoms with Gasteiger partial charge in [-0.1, -0.05) is 24.1 Å². The van der Waals surface area contributed by atoms with Crippen molar-refractivity contribution in [3.8, 4) is 12.3 Å². The van der Waals surface area contributed by atoms with Crippen molar-refractivity contribution in [2.75, 3.05) is 18.0 Å². The van der Waals surface area contributed by atoms with Crippen LogP contribution in [0.5, 0.6) is 0 Å². The maximum atomic E-state index is 11.0. The molecule has 16 heavy (non-hydrogen) atoms. The number of carboxylic acids is 1. The first-order chi connectivity index (χ1) is 7.70. The van der Waals surface area contributed by atoms with Crippen LogP contribution in [0.15, 0.2) is 36.9 Å². The molecule has 0 radical (unpaired) electrons. The van der Waals surface area contributed by atoms with Gasteiger partial charge in [0.1, 0.15) is 0 Å². The first-order valence-electron chi connectivity index (χ1n) is 4.82. The lowest BCUT2D eigenvalue weighted by molar-refractivity contribution is 0.0697. The Balaban J connectivity index is 3.12. The molecule has 1 aromatic carbocycles. The first kappa shape index (κ1) is 11.9. The van der Waals surface area contributed by atoms with E-state index < -0.39 is 5.97 Å². The summed E-state index contributed by atoms with van der Waals surface area (Å²) in [5.41, 5.74) is 0.868. The number of nitrogens with zero attached hydrogens (tertiary/aromatic N) is 1. The van der Waals surface area contributed by atoms with E-state index in [2.05, 4.69) is 12.5 Å². The van der Waals surface area contributed by atoms with Crippen molar-refractivity contribution < 1.29 is 9.90 Å². The van der Waals surface area contributed by atoms with Crippen molar-refractivity contribution in [1.29, 1.82) is 0 Å². The van der Waals surface area contributed by atoms with Crippen LogP contribution in [0.3, 0.4) is 0 Å². The highest BCUT2D eigenvalue weighted by Crippen LogP contribution is 2.19. The Bertz CT molecular complexity index is 432. The van der Waals surface area contributed by atoms with E-state index in [9.17, 15) is 4.79 Å². The van der Waals surface area contributed by atoms with Crippen molar-refractivity contribution in [2.24, 2.45) is 0 Å². The second-order valence-electron chi connectivity index (χ2n) is 3.20. The van der Waals surface area contributed by atoms with Crippen LogP contribution in [0, 0.1) is 12.3 Å². The second-order valence-corrected chi connectivity index (χ2v) is 3.20. The summed E-state index contributed by atoms with van der Waals surface area (Å²) in [5.74, 6) is 1.55. The summed E-state index contributed by atoms with van der Waals surface area (Å²) < 4.78 is 0. The van der Waals surface area contributed by atoms with Gasteiger partial charge in [-0.2, -0.15) is 0 Å². The van der Waals surface area contributed by atoms with Crippen LogP contribution in [0.2, 0.25) is 0 Å². The summed E-state index contributed by atoms with van der Waals surface area (Å²) in [4.78, 5) is 12.8. The fraction of sp³-hybridized carbons (Fsp3) is 0.154. The Hall–Kier alpha value is -2.21. The third-order valence-electron chi connectivity index (χ3n) is 2.11. The van der Waals surface area contributed by atoms with Crippen molar-refractivity contribution in [2.45, 2.75) is 0 Å². The molecule has 0 unspecified atom stereocenters. The smallest absolute Gasteiger partial charge is 0.337 e. The lowest BCUT2D eigenvalue weighted by Crippen LogP contribution is -2.25. The molecule has 0 atom stereocenters. The number of rotatable bonds is 5. The van der Waals surface area contributed by atoms with Gasteiger partial charge >= 0.3 is 5.97 Å². The fourth-order valence-electron chi connectivity index (χ4n) is 1.44. The van der Waals surface area contributed by atoms with Gasteiger partial charge in [-0.15, -0.1) is 13.0 Å². The van der Waals surface area contributed by atoms with Crippen LogP contribution >= 0.6 is 0 Å². The normalized spacial score (nSPS) is 9.19. The minimum Gasteiger partial charge on any atom is -0.478 e. The zero-order chi connectivity index (χ0) is 12.0. The topological polar surface area (TPSA) is 40.5 Å². The SMILES string of the molecule is C#CCN(CC=C)c1ccccc1C(=O)O. The molecule has 0 saturated heterocycles. The van der Waals surface area contributed by atoms with Gasteiger partial charge in [-0.05, 0) is 12.1 Å². The van der Waals surface area contributed by atoms with Gasteiger partial charge in [0.15, 0.2) is 0 Å². The van der Waals surface area contributed by atoms with Crippen LogP contribution in [0.4, 0.5) is 5.69 Å². The van der Waals surface area contributed by atoms with Crippen LogP contribution < -0.4 is 4.90 Å². The van der Waals surface area contributed by atoms with Crippen LogP contribution in [-0.4, -0.2) is 24.2 Å². The van der Waals surface area contributed by atoms with E-state index in [1.165, 1.54) is 0 Å². The van der Waals surface area contributed by atoms with E-state index in [0.29, 0.717) is 18.8 Å². The third kappa shape index (κ3) is 2.64. The summed E-state index contributed by atoms with van der Waals surface area (Å²) in [7, 11) is 0. The third-order valence-corrected chi connectivity index (χ3v) is 2.11. The second kappa shape index (κ2) is 5.62. The van der Waals surface area contributed by atoms with Crippen LogP contribution in [-0.2, 0) is 0 Å². The number of para-hydroxylation sites is 1. The maximum Gasteiger partial charge on any atom is 0.337 e. The molecular weight excluding hydrogens is 202 g/mol. The summed E-state index contributed by atoms with van der Waals surface area (Å²) in [6.07, 6.45) is 6.94. The molecule has 0 fully saturated rings. The molecule has 3 heteroatoms. The lowest BCUT2D eigenvalue weighted by Gasteiger charge is -2.22. The summed E-state index contributed by atoms with van der Waals surface area (Å²) >= 11 is 0. The molecule has 0 aliphatic carbocycles. The number of hydrogen-bond donors (Lipinski definition) is 1.